The first-order valence-electron chi connectivity index (χ1n) is 6.04. The van der Waals surface area contributed by atoms with Crippen molar-refractivity contribution in [2.24, 2.45) is 0 Å². The van der Waals surface area contributed by atoms with Crippen LogP contribution in [0.4, 0.5) is 0 Å². The molecule has 0 atom stereocenters. The lowest BCUT2D eigenvalue weighted by atomic mass is 10.0. The van der Waals surface area contributed by atoms with Crippen molar-refractivity contribution in [3.05, 3.63) is 60.2 Å². The van der Waals surface area contributed by atoms with Gasteiger partial charge in [0.1, 0.15) is 0 Å². The average molecular weight is 228 g/mol. The largest absolute Gasteiger partial charge is 0.0776 e. The summed E-state index contributed by atoms with van der Waals surface area (Å²) in [4.78, 5) is 0. The van der Waals surface area contributed by atoms with E-state index in [2.05, 4.69) is 55.5 Å². The molecule has 0 aliphatic rings. The van der Waals surface area contributed by atoms with Crippen molar-refractivity contribution in [2.45, 2.75) is 34.6 Å². The summed E-state index contributed by atoms with van der Waals surface area (Å²) in [6.07, 6.45) is 1.11. The molecule has 2 rings (SSSR count). The number of rotatable bonds is 2. The van der Waals surface area contributed by atoms with Crippen LogP contribution in [0.15, 0.2) is 54.6 Å². The van der Waals surface area contributed by atoms with Crippen molar-refractivity contribution in [3.63, 3.8) is 0 Å². The summed E-state index contributed by atoms with van der Waals surface area (Å²) in [6.45, 7) is 6.18. The van der Waals surface area contributed by atoms with Gasteiger partial charge in [-0.2, -0.15) is 0 Å². The van der Waals surface area contributed by atoms with Crippen LogP contribution >= 0.6 is 0 Å². The smallest absolute Gasteiger partial charge is 0.0184 e. The van der Waals surface area contributed by atoms with Crippen LogP contribution in [0.1, 0.15) is 33.8 Å². The van der Waals surface area contributed by atoms with Gasteiger partial charge >= 0.3 is 0 Å². The number of hydrogen-bond donors (Lipinski definition) is 0. The fraction of sp³-hybridized carbons (Fsp3) is 0.294. The highest BCUT2D eigenvalue weighted by molar-refractivity contribution is 5.63. The van der Waals surface area contributed by atoms with E-state index in [0.717, 1.165) is 6.42 Å². The van der Waals surface area contributed by atoms with E-state index in [4.69, 9.17) is 0 Å². The number of aryl methyl sites for hydroxylation is 1. The van der Waals surface area contributed by atoms with Crippen molar-refractivity contribution in [1.82, 2.24) is 0 Å². The van der Waals surface area contributed by atoms with Crippen LogP contribution in [-0.4, -0.2) is 0 Å². The van der Waals surface area contributed by atoms with Gasteiger partial charge in [0.05, 0.1) is 0 Å². The lowest BCUT2D eigenvalue weighted by Gasteiger charge is -2.02. The van der Waals surface area contributed by atoms with Crippen molar-refractivity contribution >= 4 is 0 Å². The van der Waals surface area contributed by atoms with Gasteiger partial charge in [-0.25, -0.2) is 0 Å². The Balaban J connectivity index is 0.000000811. The van der Waals surface area contributed by atoms with Crippen LogP contribution < -0.4 is 0 Å². The highest BCUT2D eigenvalue weighted by atomic mass is 14.0. The monoisotopic (exact) mass is 228 g/mol. The Bertz CT molecular complexity index is 384. The first kappa shape index (κ1) is 15.4. The second kappa shape index (κ2) is 8.58. The molecule has 0 radical (unpaired) electrons. The molecule has 0 N–H and O–H groups in total. The minimum absolute atomic E-state index is 0. The molecule has 92 valence electrons. The maximum atomic E-state index is 2.20. The Kier molecular flexibility index (Phi) is 7.79. The maximum Gasteiger partial charge on any atom is -0.0184 e. The van der Waals surface area contributed by atoms with Crippen molar-refractivity contribution in [1.29, 1.82) is 0 Å². The van der Waals surface area contributed by atoms with E-state index in [0.29, 0.717) is 0 Å². The van der Waals surface area contributed by atoms with Gasteiger partial charge in [0, 0.05) is 0 Å². The molecule has 0 aliphatic heterocycles. The molecule has 0 bridgehead atoms. The molecule has 0 nitrogen and oxygen atoms in total. The molecule has 0 aromatic heterocycles. The molecule has 0 saturated heterocycles. The van der Waals surface area contributed by atoms with E-state index < -0.39 is 0 Å². The Labute approximate surface area is 106 Å². The Morgan fingerprint density at radius 1 is 0.706 bits per heavy atom. The summed E-state index contributed by atoms with van der Waals surface area (Å²) < 4.78 is 0. The molecule has 0 aliphatic carbocycles. The summed E-state index contributed by atoms with van der Waals surface area (Å²) in [6, 6.07) is 19.2. The van der Waals surface area contributed by atoms with Gasteiger partial charge in [-0.05, 0) is 23.1 Å². The molecule has 0 fully saturated rings. The minimum Gasteiger partial charge on any atom is -0.0776 e. The summed E-state index contributed by atoms with van der Waals surface area (Å²) >= 11 is 0. The summed E-state index contributed by atoms with van der Waals surface area (Å²) in [7, 11) is 0. The topological polar surface area (TPSA) is 0 Å². The normalized spacial score (nSPS) is 8.65. The average Bonchev–Trinajstić information content (AvgIpc) is 2.42. The third-order valence-electron chi connectivity index (χ3n) is 2.47. The fourth-order valence-electron chi connectivity index (χ4n) is 1.56. The molecule has 0 heteroatoms. The van der Waals surface area contributed by atoms with Crippen LogP contribution in [0.3, 0.4) is 0 Å². The van der Waals surface area contributed by atoms with Crippen LogP contribution in [0.2, 0.25) is 0 Å². The van der Waals surface area contributed by atoms with Crippen LogP contribution in [0.5, 0.6) is 0 Å². The lowest BCUT2D eigenvalue weighted by Crippen LogP contribution is -1.80. The predicted molar refractivity (Wildman–Crippen MR) is 79.3 cm³/mol. The standard InChI is InChI=1S/C14H14.C2H6.CH4/c1-2-12-8-10-14(11-9-12)13-6-4-3-5-7-13;1-2;/h3-11H,2H2,1H3;1-2H3;1H4. The van der Waals surface area contributed by atoms with Crippen LogP contribution in [0, 0.1) is 0 Å². The van der Waals surface area contributed by atoms with Crippen molar-refractivity contribution in [3.8, 4) is 11.1 Å². The molecular formula is C17H24. The maximum absolute atomic E-state index is 2.20. The molecule has 17 heavy (non-hydrogen) atoms. The zero-order valence-electron chi connectivity index (χ0n) is 10.4. The zero-order chi connectivity index (χ0) is 11.8. The van der Waals surface area contributed by atoms with E-state index >= 15 is 0 Å². The third kappa shape index (κ3) is 4.44. The van der Waals surface area contributed by atoms with Gasteiger partial charge in [0.2, 0.25) is 0 Å². The van der Waals surface area contributed by atoms with Gasteiger partial charge < -0.3 is 0 Å². The second-order valence-corrected chi connectivity index (χ2v) is 3.42. The highest BCUT2D eigenvalue weighted by Gasteiger charge is 1.95. The Morgan fingerprint density at radius 2 is 1.18 bits per heavy atom. The zero-order valence-corrected chi connectivity index (χ0v) is 10.4. The molecule has 0 amide bonds. The SMILES string of the molecule is C.CC.CCc1ccc(-c2ccccc2)cc1. The molecule has 2 aromatic rings. The third-order valence-corrected chi connectivity index (χ3v) is 2.47. The summed E-state index contributed by atoms with van der Waals surface area (Å²) in [5.74, 6) is 0. The van der Waals surface area contributed by atoms with E-state index in [1.807, 2.05) is 19.9 Å². The van der Waals surface area contributed by atoms with E-state index in [1.165, 1.54) is 16.7 Å². The quantitative estimate of drug-likeness (QED) is 0.629. The molecule has 0 heterocycles. The van der Waals surface area contributed by atoms with Crippen LogP contribution in [0.25, 0.3) is 11.1 Å². The molecule has 0 unspecified atom stereocenters. The van der Waals surface area contributed by atoms with Crippen LogP contribution in [-0.2, 0) is 6.42 Å². The first-order chi connectivity index (χ1) is 7.90. The van der Waals surface area contributed by atoms with Crippen molar-refractivity contribution < 1.29 is 0 Å². The van der Waals surface area contributed by atoms with Gasteiger partial charge in [-0.15, -0.1) is 0 Å². The first-order valence-corrected chi connectivity index (χ1v) is 6.04. The minimum atomic E-state index is 0. The molecule has 2 aromatic carbocycles. The van der Waals surface area contributed by atoms with Gasteiger partial charge in [-0.1, -0.05) is 82.8 Å². The summed E-state index contributed by atoms with van der Waals surface area (Å²) in [5, 5.41) is 0. The molecule has 0 spiro atoms. The van der Waals surface area contributed by atoms with Crippen molar-refractivity contribution in [2.75, 3.05) is 0 Å². The number of benzene rings is 2. The second-order valence-electron chi connectivity index (χ2n) is 3.42. The van der Waals surface area contributed by atoms with Gasteiger partial charge in [0.15, 0.2) is 0 Å². The lowest BCUT2D eigenvalue weighted by molar-refractivity contribution is 1.14. The Morgan fingerprint density at radius 3 is 1.65 bits per heavy atom. The fourth-order valence-corrected chi connectivity index (χ4v) is 1.56. The van der Waals surface area contributed by atoms with E-state index in [1.54, 1.807) is 0 Å². The number of hydrogen-bond acceptors (Lipinski definition) is 0. The van der Waals surface area contributed by atoms with Gasteiger partial charge in [0.25, 0.3) is 0 Å². The molecule has 0 saturated carbocycles. The predicted octanol–water partition coefficient (Wildman–Crippen LogP) is 5.58. The van der Waals surface area contributed by atoms with E-state index in [9.17, 15) is 0 Å². The molecular weight excluding hydrogens is 204 g/mol. The summed E-state index contributed by atoms with van der Waals surface area (Å²) in [5.41, 5.74) is 3.97. The van der Waals surface area contributed by atoms with Gasteiger partial charge in [-0.3, -0.25) is 0 Å². The van der Waals surface area contributed by atoms with E-state index in [-0.39, 0.29) is 7.43 Å². The Hall–Kier alpha value is -1.56. The highest BCUT2D eigenvalue weighted by Crippen LogP contribution is 2.19.